The largest absolute Gasteiger partial charge is 0.444 e. The van der Waals surface area contributed by atoms with E-state index >= 15 is 0 Å². The number of rotatable bonds is 5. The van der Waals surface area contributed by atoms with Crippen LogP contribution in [0.5, 0.6) is 0 Å². The number of nitrogens with one attached hydrogen (secondary N) is 2. The Bertz CT molecular complexity index is 1550. The van der Waals surface area contributed by atoms with E-state index in [2.05, 4.69) is 26.7 Å². The van der Waals surface area contributed by atoms with Crippen molar-refractivity contribution in [3.05, 3.63) is 82.0 Å². The molecule has 2 aromatic carbocycles. The number of carbonyl (C=O) groups is 1. The molecule has 0 fully saturated rings. The van der Waals surface area contributed by atoms with Gasteiger partial charge in [0.05, 0.1) is 41.2 Å². The molecule has 0 aliphatic heterocycles. The predicted octanol–water partition coefficient (Wildman–Crippen LogP) is 4.41. The van der Waals surface area contributed by atoms with Gasteiger partial charge in [0, 0.05) is 18.0 Å². The molecule has 0 aliphatic carbocycles. The molecule has 1 amide bonds. The fraction of sp³-hybridized carbons (Fsp3) is 0.222. The number of carbonyl (C=O) groups excluding carboxylic acids is 1. The highest BCUT2D eigenvalue weighted by atomic mass is 16.6. The van der Waals surface area contributed by atoms with Gasteiger partial charge in [0.25, 0.3) is 5.56 Å². The normalized spacial score (nSPS) is 11.8. The van der Waals surface area contributed by atoms with Gasteiger partial charge in [-0.15, -0.1) is 0 Å². The van der Waals surface area contributed by atoms with Gasteiger partial charge >= 0.3 is 6.09 Å². The van der Waals surface area contributed by atoms with Crippen LogP contribution < -0.4 is 10.9 Å². The van der Waals surface area contributed by atoms with E-state index < -0.39 is 11.7 Å². The summed E-state index contributed by atoms with van der Waals surface area (Å²) in [6, 6.07) is 17.1. The van der Waals surface area contributed by atoms with E-state index in [9.17, 15) is 14.9 Å². The minimum atomic E-state index is -0.635. The van der Waals surface area contributed by atoms with Crippen molar-refractivity contribution in [1.29, 1.82) is 5.26 Å². The van der Waals surface area contributed by atoms with Gasteiger partial charge in [0.2, 0.25) is 0 Å². The average Bonchev–Trinajstić information content (AvgIpc) is 3.21. The van der Waals surface area contributed by atoms with Crippen molar-refractivity contribution in [2.24, 2.45) is 7.05 Å². The van der Waals surface area contributed by atoms with Crippen molar-refractivity contribution in [2.45, 2.75) is 32.9 Å². The van der Waals surface area contributed by atoms with Gasteiger partial charge in [-0.05, 0) is 50.1 Å². The Morgan fingerprint density at radius 2 is 1.94 bits per heavy atom. The molecule has 9 nitrogen and oxygen atoms in total. The number of benzene rings is 2. The molecule has 0 spiro atoms. The molecule has 0 bridgehead atoms. The Hall–Kier alpha value is -4.71. The van der Waals surface area contributed by atoms with Crippen LogP contribution in [0.25, 0.3) is 33.5 Å². The second kappa shape index (κ2) is 9.88. The van der Waals surface area contributed by atoms with Crippen LogP contribution in [-0.4, -0.2) is 31.7 Å². The first-order valence-electron chi connectivity index (χ1n) is 11.3. The molecular weight excluding hydrogens is 456 g/mol. The number of nitrogens with zero attached hydrogens (tertiary/aromatic N) is 4. The Balaban J connectivity index is 1.75. The van der Waals surface area contributed by atoms with E-state index in [1.165, 1.54) is 0 Å². The quantitative estimate of drug-likeness (QED) is 0.406. The van der Waals surface area contributed by atoms with E-state index in [0.717, 1.165) is 22.4 Å². The zero-order valence-electron chi connectivity index (χ0n) is 20.5. The first-order valence-corrected chi connectivity index (χ1v) is 11.3. The number of aromatic amines is 1. The molecule has 36 heavy (non-hydrogen) atoms. The van der Waals surface area contributed by atoms with Crippen LogP contribution in [0.1, 0.15) is 37.7 Å². The lowest BCUT2D eigenvalue weighted by Crippen LogP contribution is -2.32. The molecule has 9 heteroatoms. The summed E-state index contributed by atoms with van der Waals surface area (Å²) in [5, 5.41) is 24.5. The SMILES string of the molecule is Cn1ncc(-c2ccc3c(=O)[nH]nc(CNC(=O)OC(C)(C)C)c3c2)c1/C=C(\C#N)c1ccccc1. The predicted molar refractivity (Wildman–Crippen MR) is 138 cm³/mol. The monoisotopic (exact) mass is 482 g/mol. The van der Waals surface area contributed by atoms with Crippen LogP contribution in [0.4, 0.5) is 4.79 Å². The maximum Gasteiger partial charge on any atom is 0.407 e. The van der Waals surface area contributed by atoms with Crippen LogP contribution in [0.2, 0.25) is 0 Å². The summed E-state index contributed by atoms with van der Waals surface area (Å²) in [6.45, 7) is 5.41. The number of aryl methyl sites for hydroxylation is 1. The smallest absolute Gasteiger partial charge is 0.407 e. The van der Waals surface area contributed by atoms with Crippen LogP contribution in [0, 0.1) is 11.3 Å². The molecular formula is C27H26N6O3. The number of hydrogen-bond donors (Lipinski definition) is 2. The second-order valence-electron chi connectivity index (χ2n) is 9.22. The molecule has 0 saturated heterocycles. The summed E-state index contributed by atoms with van der Waals surface area (Å²) < 4.78 is 6.99. The van der Waals surface area contributed by atoms with Crippen LogP contribution >= 0.6 is 0 Å². The number of aromatic nitrogens is 4. The highest BCUT2D eigenvalue weighted by Crippen LogP contribution is 2.29. The summed E-state index contributed by atoms with van der Waals surface area (Å²) in [7, 11) is 1.80. The van der Waals surface area contributed by atoms with Crippen LogP contribution in [-0.2, 0) is 18.3 Å². The Kier molecular flexibility index (Phi) is 6.70. The third-order valence-corrected chi connectivity index (χ3v) is 5.45. The first kappa shape index (κ1) is 24.4. The maximum absolute atomic E-state index is 12.4. The maximum atomic E-state index is 12.4. The Labute approximate surface area is 208 Å². The molecule has 0 saturated carbocycles. The molecule has 2 heterocycles. The second-order valence-corrected chi connectivity index (χ2v) is 9.22. The first-order chi connectivity index (χ1) is 17.2. The number of fused-ring (bicyclic) bond motifs is 1. The van der Waals surface area contributed by atoms with Gasteiger partial charge in [-0.25, -0.2) is 9.89 Å². The summed E-state index contributed by atoms with van der Waals surface area (Å²) in [5.41, 5.74) is 3.14. The highest BCUT2D eigenvalue weighted by molar-refractivity contribution is 5.94. The van der Waals surface area contributed by atoms with Crippen molar-refractivity contribution >= 4 is 28.5 Å². The topological polar surface area (TPSA) is 126 Å². The van der Waals surface area contributed by atoms with Crippen molar-refractivity contribution in [2.75, 3.05) is 0 Å². The number of allylic oxidation sites excluding steroid dienone is 1. The van der Waals surface area contributed by atoms with Crippen molar-refractivity contribution in [3.8, 4) is 17.2 Å². The third-order valence-electron chi connectivity index (χ3n) is 5.45. The van der Waals surface area contributed by atoms with E-state index in [4.69, 9.17) is 4.74 Å². The van der Waals surface area contributed by atoms with E-state index in [0.29, 0.717) is 22.0 Å². The fourth-order valence-corrected chi connectivity index (χ4v) is 3.77. The standard InChI is InChI=1S/C27H26N6O3/c1-27(2,3)36-26(35)29-16-23-21-12-18(10-11-20(21)25(34)32-31-23)22-15-30-33(4)24(22)13-19(14-28)17-8-6-5-7-9-17/h5-13,15H,16H2,1-4H3,(H,29,35)(H,32,34)/b19-13+. The van der Waals surface area contributed by atoms with Crippen LogP contribution in [0.3, 0.4) is 0 Å². The van der Waals surface area contributed by atoms with E-state index in [-0.39, 0.29) is 12.1 Å². The number of H-pyrrole nitrogens is 1. The van der Waals surface area contributed by atoms with Crippen molar-refractivity contribution in [1.82, 2.24) is 25.3 Å². The number of alkyl carbamates (subject to hydrolysis) is 1. The van der Waals surface area contributed by atoms with Gasteiger partial charge in [-0.2, -0.15) is 15.5 Å². The summed E-state index contributed by atoms with van der Waals surface area (Å²) in [5.74, 6) is 0. The summed E-state index contributed by atoms with van der Waals surface area (Å²) in [4.78, 5) is 24.6. The molecule has 0 unspecified atom stereocenters. The van der Waals surface area contributed by atoms with Gasteiger partial charge in [-0.1, -0.05) is 36.4 Å². The minimum Gasteiger partial charge on any atom is -0.444 e. The van der Waals surface area contributed by atoms with Crippen molar-refractivity contribution in [3.63, 3.8) is 0 Å². The molecule has 0 radical (unpaired) electrons. The molecule has 2 aromatic heterocycles. The summed E-state index contributed by atoms with van der Waals surface area (Å²) >= 11 is 0. The third kappa shape index (κ3) is 5.33. The van der Waals surface area contributed by atoms with E-state index in [1.54, 1.807) is 50.8 Å². The van der Waals surface area contributed by atoms with Gasteiger partial charge < -0.3 is 10.1 Å². The zero-order chi connectivity index (χ0) is 25.9. The number of nitriles is 1. The lowest BCUT2D eigenvalue weighted by Gasteiger charge is -2.19. The number of amides is 1. The lowest BCUT2D eigenvalue weighted by molar-refractivity contribution is 0.0523. The Morgan fingerprint density at radius 3 is 2.64 bits per heavy atom. The van der Waals surface area contributed by atoms with Crippen LogP contribution in [0.15, 0.2) is 59.5 Å². The summed E-state index contributed by atoms with van der Waals surface area (Å²) in [6.07, 6.45) is 2.93. The molecule has 2 N–H and O–H groups in total. The Morgan fingerprint density at radius 1 is 1.19 bits per heavy atom. The number of hydrogen-bond acceptors (Lipinski definition) is 6. The number of ether oxygens (including phenoxy) is 1. The van der Waals surface area contributed by atoms with Gasteiger partial charge in [-0.3, -0.25) is 9.48 Å². The molecule has 182 valence electrons. The zero-order valence-corrected chi connectivity index (χ0v) is 20.5. The molecule has 4 aromatic rings. The highest BCUT2D eigenvalue weighted by Gasteiger charge is 2.18. The fourth-order valence-electron chi connectivity index (χ4n) is 3.77. The van der Waals surface area contributed by atoms with Gasteiger partial charge in [0.15, 0.2) is 0 Å². The average molecular weight is 483 g/mol. The lowest BCUT2D eigenvalue weighted by atomic mass is 9.99. The van der Waals surface area contributed by atoms with Gasteiger partial charge in [0.1, 0.15) is 5.60 Å². The minimum absolute atomic E-state index is 0.0675. The molecule has 4 rings (SSSR count). The van der Waals surface area contributed by atoms with Crippen molar-refractivity contribution < 1.29 is 9.53 Å². The molecule has 0 atom stereocenters. The molecule has 0 aliphatic rings. The van der Waals surface area contributed by atoms with E-state index in [1.807, 2.05) is 42.5 Å².